The minimum Gasteiger partial charge on any atom is -0.540 e. The molecular weight excluding hydrogens is 156 g/mol. The second-order valence-electron chi connectivity index (χ2n) is 2.48. The third-order valence-corrected chi connectivity index (χ3v) is 1.81. The molecule has 1 aromatic rings. The maximum absolute atomic E-state index is 9.25. The minimum atomic E-state index is -0.769. The number of phenolic OH excluding ortho intramolecular Hbond substituents is 1. The summed E-state index contributed by atoms with van der Waals surface area (Å²) in [5, 5.41) is 9.25. The molecule has 0 spiro atoms. The van der Waals surface area contributed by atoms with Crippen molar-refractivity contribution in [2.75, 3.05) is 0 Å². The molecule has 0 aromatic heterocycles. The number of hydrogen-bond donors (Lipinski definition) is 1. The molecule has 1 rings (SSSR count). The fourth-order valence-electron chi connectivity index (χ4n) is 0.763. The highest BCUT2D eigenvalue weighted by atomic mass is 28.3. The van der Waals surface area contributed by atoms with Crippen molar-refractivity contribution < 1.29 is 9.53 Å². The van der Waals surface area contributed by atoms with Gasteiger partial charge >= 0.3 is 0 Å². The molecular formula is C8H11O2Si. The van der Waals surface area contributed by atoms with Crippen LogP contribution in [0.1, 0.15) is 0 Å². The van der Waals surface area contributed by atoms with Crippen LogP contribution in [0.25, 0.3) is 0 Å². The summed E-state index contributed by atoms with van der Waals surface area (Å²) in [4.78, 5) is 0. The Morgan fingerprint density at radius 2 is 1.91 bits per heavy atom. The van der Waals surface area contributed by atoms with Crippen molar-refractivity contribution >= 4 is 9.04 Å². The molecule has 0 heterocycles. The first-order chi connectivity index (χ1) is 5.20. The summed E-state index contributed by atoms with van der Waals surface area (Å²) < 4.78 is 5.40. The largest absolute Gasteiger partial charge is 0.540 e. The SMILES string of the molecule is C[Si](C)Oc1ccccc1O. The van der Waals surface area contributed by atoms with Crippen molar-refractivity contribution in [3.05, 3.63) is 24.3 Å². The van der Waals surface area contributed by atoms with Gasteiger partial charge in [-0.2, -0.15) is 0 Å². The molecule has 1 N–H and O–H groups in total. The highest BCUT2D eigenvalue weighted by Gasteiger charge is 2.03. The predicted octanol–water partition coefficient (Wildman–Crippen LogP) is 2.02. The van der Waals surface area contributed by atoms with Gasteiger partial charge in [0.05, 0.1) is 0 Å². The lowest BCUT2D eigenvalue weighted by Crippen LogP contribution is -2.10. The van der Waals surface area contributed by atoms with Crippen LogP contribution in [0.3, 0.4) is 0 Å². The molecule has 59 valence electrons. The highest BCUT2D eigenvalue weighted by molar-refractivity contribution is 6.49. The number of rotatable bonds is 2. The molecule has 2 nitrogen and oxygen atoms in total. The van der Waals surface area contributed by atoms with Crippen LogP contribution in [-0.2, 0) is 0 Å². The Balaban J connectivity index is 2.78. The van der Waals surface area contributed by atoms with Crippen LogP contribution < -0.4 is 4.43 Å². The van der Waals surface area contributed by atoms with E-state index in [2.05, 4.69) is 0 Å². The number of benzene rings is 1. The van der Waals surface area contributed by atoms with E-state index in [1.165, 1.54) is 0 Å². The van der Waals surface area contributed by atoms with E-state index < -0.39 is 9.04 Å². The van der Waals surface area contributed by atoms with Gasteiger partial charge in [0.25, 0.3) is 9.04 Å². The third kappa shape index (κ3) is 2.27. The molecule has 0 aliphatic rings. The molecule has 0 saturated heterocycles. The zero-order valence-electron chi connectivity index (χ0n) is 6.66. The molecule has 3 heteroatoms. The van der Waals surface area contributed by atoms with E-state index in [1.54, 1.807) is 18.2 Å². The van der Waals surface area contributed by atoms with E-state index in [0.717, 1.165) is 0 Å². The Morgan fingerprint density at radius 3 is 2.45 bits per heavy atom. The molecule has 0 fully saturated rings. The van der Waals surface area contributed by atoms with Gasteiger partial charge in [0.1, 0.15) is 5.75 Å². The second-order valence-corrected chi connectivity index (χ2v) is 4.50. The lowest BCUT2D eigenvalue weighted by Gasteiger charge is -2.08. The maximum atomic E-state index is 9.25. The van der Waals surface area contributed by atoms with Gasteiger partial charge in [-0.05, 0) is 25.2 Å². The molecule has 1 radical (unpaired) electrons. The van der Waals surface area contributed by atoms with E-state index >= 15 is 0 Å². The van der Waals surface area contributed by atoms with E-state index in [4.69, 9.17) is 4.43 Å². The van der Waals surface area contributed by atoms with Crippen LogP contribution >= 0.6 is 0 Å². The molecule has 0 bridgehead atoms. The summed E-state index contributed by atoms with van der Waals surface area (Å²) in [5.41, 5.74) is 0. The first kappa shape index (κ1) is 8.14. The normalized spacial score (nSPS) is 10.1. The number of phenols is 1. The van der Waals surface area contributed by atoms with Crippen molar-refractivity contribution in [3.8, 4) is 11.5 Å². The van der Waals surface area contributed by atoms with Crippen LogP contribution in [-0.4, -0.2) is 14.1 Å². The fraction of sp³-hybridized carbons (Fsp3) is 0.250. The first-order valence-corrected chi connectivity index (χ1v) is 5.87. The zero-order chi connectivity index (χ0) is 8.27. The number of hydrogen-bond acceptors (Lipinski definition) is 2. The van der Waals surface area contributed by atoms with Gasteiger partial charge in [0.2, 0.25) is 0 Å². The zero-order valence-corrected chi connectivity index (χ0v) is 7.66. The minimum absolute atomic E-state index is 0.221. The second kappa shape index (κ2) is 3.43. The average molecular weight is 167 g/mol. The molecule has 11 heavy (non-hydrogen) atoms. The topological polar surface area (TPSA) is 29.5 Å². The molecule has 0 atom stereocenters. The lowest BCUT2D eigenvalue weighted by atomic mass is 10.3. The third-order valence-electron chi connectivity index (χ3n) is 1.18. The summed E-state index contributed by atoms with van der Waals surface area (Å²) in [7, 11) is -0.769. The van der Waals surface area contributed by atoms with Crippen LogP contribution in [0, 0.1) is 0 Å². The Kier molecular flexibility index (Phi) is 2.54. The Morgan fingerprint density at radius 1 is 1.27 bits per heavy atom. The molecule has 0 unspecified atom stereocenters. The van der Waals surface area contributed by atoms with Crippen molar-refractivity contribution in [2.45, 2.75) is 13.1 Å². The van der Waals surface area contributed by atoms with Crippen molar-refractivity contribution in [1.29, 1.82) is 0 Å². The van der Waals surface area contributed by atoms with Gasteiger partial charge in [0.15, 0.2) is 5.75 Å². The monoisotopic (exact) mass is 167 g/mol. The predicted molar refractivity (Wildman–Crippen MR) is 46.2 cm³/mol. The van der Waals surface area contributed by atoms with Crippen LogP contribution in [0.2, 0.25) is 13.1 Å². The molecule has 0 aliphatic heterocycles. The summed E-state index contributed by atoms with van der Waals surface area (Å²) in [6, 6.07) is 7.02. The summed E-state index contributed by atoms with van der Waals surface area (Å²) >= 11 is 0. The van der Waals surface area contributed by atoms with E-state index in [0.29, 0.717) is 5.75 Å². The van der Waals surface area contributed by atoms with Gasteiger partial charge in [-0.3, -0.25) is 0 Å². The van der Waals surface area contributed by atoms with Crippen molar-refractivity contribution in [3.63, 3.8) is 0 Å². The van der Waals surface area contributed by atoms with Crippen LogP contribution in [0.15, 0.2) is 24.3 Å². The van der Waals surface area contributed by atoms with Gasteiger partial charge in [-0.15, -0.1) is 0 Å². The molecule has 1 aromatic carbocycles. The smallest absolute Gasteiger partial charge is 0.274 e. The molecule has 0 aliphatic carbocycles. The van der Waals surface area contributed by atoms with Crippen molar-refractivity contribution in [2.24, 2.45) is 0 Å². The lowest BCUT2D eigenvalue weighted by molar-refractivity contribution is 0.440. The first-order valence-electron chi connectivity index (χ1n) is 3.46. The number of aromatic hydroxyl groups is 1. The molecule has 0 amide bonds. The highest BCUT2D eigenvalue weighted by Crippen LogP contribution is 2.24. The van der Waals surface area contributed by atoms with Crippen LogP contribution in [0.5, 0.6) is 11.5 Å². The van der Waals surface area contributed by atoms with Gasteiger partial charge < -0.3 is 9.53 Å². The summed E-state index contributed by atoms with van der Waals surface area (Å²) in [6.45, 7) is 4.05. The van der Waals surface area contributed by atoms with Gasteiger partial charge in [-0.25, -0.2) is 0 Å². The Bertz CT molecular complexity index is 235. The average Bonchev–Trinajstić information content (AvgIpc) is 1.93. The summed E-state index contributed by atoms with van der Waals surface area (Å²) in [5.74, 6) is 0.810. The van der Waals surface area contributed by atoms with Gasteiger partial charge in [0, 0.05) is 0 Å². The fourth-order valence-corrected chi connectivity index (χ4v) is 1.38. The van der Waals surface area contributed by atoms with Crippen molar-refractivity contribution in [1.82, 2.24) is 0 Å². The Labute approximate surface area is 68.2 Å². The Hall–Kier alpha value is -0.963. The van der Waals surface area contributed by atoms with Gasteiger partial charge in [-0.1, -0.05) is 12.1 Å². The summed E-state index contributed by atoms with van der Waals surface area (Å²) in [6.07, 6.45) is 0. The standard InChI is InChI=1S/C8H11O2Si/c1-11(2)10-8-6-4-3-5-7(8)9/h3-6,9H,1-2H3. The number of para-hydroxylation sites is 2. The quantitative estimate of drug-likeness (QED) is 0.683. The van der Waals surface area contributed by atoms with Crippen LogP contribution in [0.4, 0.5) is 0 Å². The van der Waals surface area contributed by atoms with E-state index in [1.807, 2.05) is 19.2 Å². The van der Waals surface area contributed by atoms with E-state index in [-0.39, 0.29) is 5.75 Å². The maximum Gasteiger partial charge on any atom is 0.274 e. The van der Waals surface area contributed by atoms with E-state index in [9.17, 15) is 5.11 Å². The molecule has 0 saturated carbocycles.